The van der Waals surface area contributed by atoms with Crippen LogP contribution in [0.3, 0.4) is 0 Å². The van der Waals surface area contributed by atoms with Gasteiger partial charge in [-0.15, -0.1) is 11.3 Å². The lowest BCUT2D eigenvalue weighted by molar-refractivity contribution is 0.0795. The van der Waals surface area contributed by atoms with Crippen molar-refractivity contribution in [3.05, 3.63) is 46.7 Å². The van der Waals surface area contributed by atoms with E-state index in [1.807, 2.05) is 13.0 Å². The van der Waals surface area contributed by atoms with Crippen LogP contribution in [0.1, 0.15) is 21.8 Å². The molecule has 1 aromatic carbocycles. The van der Waals surface area contributed by atoms with Crippen LogP contribution in [0, 0.1) is 12.7 Å². The number of amides is 1. The maximum Gasteiger partial charge on any atom is 0.264 e. The van der Waals surface area contributed by atoms with Crippen LogP contribution in [0.5, 0.6) is 0 Å². The summed E-state index contributed by atoms with van der Waals surface area (Å²) in [6.45, 7) is 3.22. The van der Waals surface area contributed by atoms with Crippen LogP contribution in [0.25, 0.3) is 15.9 Å². The third-order valence-electron chi connectivity index (χ3n) is 4.34. The number of aromatic nitrogens is 2. The van der Waals surface area contributed by atoms with Crippen LogP contribution in [0.4, 0.5) is 4.39 Å². The summed E-state index contributed by atoms with van der Waals surface area (Å²) in [7, 11) is 0. The summed E-state index contributed by atoms with van der Waals surface area (Å²) in [5, 5.41) is 5.47. The molecule has 24 heavy (non-hydrogen) atoms. The molecule has 1 aliphatic heterocycles. The van der Waals surface area contributed by atoms with E-state index in [1.54, 1.807) is 21.7 Å². The third-order valence-corrected chi connectivity index (χ3v) is 5.44. The van der Waals surface area contributed by atoms with E-state index in [-0.39, 0.29) is 17.8 Å². The Labute approximate surface area is 142 Å². The lowest BCUT2D eigenvalue weighted by Crippen LogP contribution is -2.31. The van der Waals surface area contributed by atoms with Gasteiger partial charge in [0.1, 0.15) is 10.6 Å². The number of hydrogen-bond donors (Lipinski definition) is 1. The Morgan fingerprint density at radius 3 is 2.79 bits per heavy atom. The molecule has 124 valence electrons. The van der Waals surface area contributed by atoms with Gasteiger partial charge < -0.3 is 10.6 Å². The van der Waals surface area contributed by atoms with Crippen LogP contribution in [0.2, 0.25) is 0 Å². The van der Waals surface area contributed by atoms with Gasteiger partial charge in [-0.1, -0.05) is 0 Å². The van der Waals surface area contributed by atoms with E-state index in [0.29, 0.717) is 18.0 Å². The predicted molar refractivity (Wildman–Crippen MR) is 92.1 cm³/mol. The van der Waals surface area contributed by atoms with Gasteiger partial charge in [-0.2, -0.15) is 5.10 Å². The number of fused-ring (bicyclic) bond motifs is 1. The molecule has 1 amide bonds. The zero-order valence-corrected chi connectivity index (χ0v) is 14.0. The number of aryl methyl sites for hydroxylation is 1. The molecule has 4 rings (SSSR count). The molecule has 7 heteroatoms. The maximum atomic E-state index is 13.1. The van der Waals surface area contributed by atoms with Gasteiger partial charge in [0.05, 0.1) is 16.3 Å². The van der Waals surface area contributed by atoms with Crippen LogP contribution in [-0.4, -0.2) is 39.7 Å². The Bertz CT molecular complexity index is 915. The second kappa shape index (κ2) is 5.68. The molecule has 1 atom stereocenters. The van der Waals surface area contributed by atoms with E-state index in [1.165, 1.54) is 23.5 Å². The van der Waals surface area contributed by atoms with Crippen molar-refractivity contribution in [1.29, 1.82) is 0 Å². The van der Waals surface area contributed by atoms with E-state index in [2.05, 4.69) is 5.10 Å². The van der Waals surface area contributed by atoms with Gasteiger partial charge >= 0.3 is 0 Å². The highest BCUT2D eigenvalue weighted by Crippen LogP contribution is 2.31. The zero-order valence-electron chi connectivity index (χ0n) is 13.2. The molecule has 0 spiro atoms. The number of likely N-dealkylation sites (tertiary alicyclic amines) is 1. The SMILES string of the molecule is Cc1nn(-c2ccc(F)cc2)c2sc(C(=O)N3CC[C@@H](N)C3)cc12. The van der Waals surface area contributed by atoms with Crippen LogP contribution < -0.4 is 5.73 Å². The molecule has 0 unspecified atom stereocenters. The van der Waals surface area contributed by atoms with Crippen molar-refractivity contribution in [2.24, 2.45) is 5.73 Å². The van der Waals surface area contributed by atoms with Crippen molar-refractivity contribution in [1.82, 2.24) is 14.7 Å². The molecule has 2 aromatic heterocycles. The highest BCUT2D eigenvalue weighted by molar-refractivity contribution is 7.20. The van der Waals surface area contributed by atoms with Crippen LogP contribution in [-0.2, 0) is 0 Å². The van der Waals surface area contributed by atoms with Gasteiger partial charge in [0, 0.05) is 24.5 Å². The first kappa shape index (κ1) is 15.3. The minimum absolute atomic E-state index is 0.0224. The lowest BCUT2D eigenvalue weighted by atomic mass is 10.3. The largest absolute Gasteiger partial charge is 0.336 e. The number of thiophene rings is 1. The van der Waals surface area contributed by atoms with E-state index in [9.17, 15) is 9.18 Å². The third kappa shape index (κ3) is 2.50. The molecule has 5 nitrogen and oxygen atoms in total. The van der Waals surface area contributed by atoms with E-state index in [4.69, 9.17) is 5.73 Å². The Morgan fingerprint density at radius 1 is 1.38 bits per heavy atom. The normalized spacial score (nSPS) is 17.8. The fourth-order valence-corrected chi connectivity index (χ4v) is 4.19. The molecule has 0 bridgehead atoms. The van der Waals surface area contributed by atoms with Crippen molar-refractivity contribution in [3.8, 4) is 5.69 Å². The smallest absolute Gasteiger partial charge is 0.264 e. The van der Waals surface area contributed by atoms with Crippen molar-refractivity contribution in [2.45, 2.75) is 19.4 Å². The summed E-state index contributed by atoms with van der Waals surface area (Å²) >= 11 is 1.41. The molecule has 1 fully saturated rings. The topological polar surface area (TPSA) is 64.2 Å². The average molecular weight is 344 g/mol. The van der Waals surface area contributed by atoms with E-state index < -0.39 is 0 Å². The number of benzene rings is 1. The Kier molecular flexibility index (Phi) is 3.62. The summed E-state index contributed by atoms with van der Waals surface area (Å²) in [6, 6.07) is 8.14. The Morgan fingerprint density at radius 2 is 2.12 bits per heavy atom. The molecule has 0 radical (unpaired) electrons. The summed E-state index contributed by atoms with van der Waals surface area (Å²) in [5.41, 5.74) is 7.52. The molecule has 1 aliphatic rings. The van der Waals surface area contributed by atoms with Crippen molar-refractivity contribution in [3.63, 3.8) is 0 Å². The molecule has 3 aromatic rings. The summed E-state index contributed by atoms with van der Waals surface area (Å²) in [5.74, 6) is -0.263. The number of rotatable bonds is 2. The van der Waals surface area contributed by atoms with Gasteiger partial charge in [0.15, 0.2) is 0 Å². The Hall–Kier alpha value is -2.25. The molecular weight excluding hydrogens is 327 g/mol. The standard InChI is InChI=1S/C17H17FN4OS/c1-10-14-8-15(16(23)21-7-6-12(19)9-21)24-17(14)22(20-10)13-4-2-11(18)3-5-13/h2-5,8,12H,6-7,9,19H2,1H3/t12-/m1/s1. The number of nitrogens with zero attached hydrogens (tertiary/aromatic N) is 3. The second-order valence-electron chi connectivity index (χ2n) is 6.10. The number of hydrogen-bond acceptors (Lipinski definition) is 4. The highest BCUT2D eigenvalue weighted by Gasteiger charge is 2.26. The van der Waals surface area contributed by atoms with Gasteiger partial charge in [0.25, 0.3) is 5.91 Å². The average Bonchev–Trinajstić information content (AvgIpc) is 3.25. The van der Waals surface area contributed by atoms with Crippen LogP contribution >= 0.6 is 11.3 Å². The monoisotopic (exact) mass is 344 g/mol. The zero-order chi connectivity index (χ0) is 16.8. The first-order valence-electron chi connectivity index (χ1n) is 7.83. The van der Waals surface area contributed by atoms with Crippen molar-refractivity contribution >= 4 is 27.5 Å². The predicted octanol–water partition coefficient (Wildman–Crippen LogP) is 2.71. The van der Waals surface area contributed by atoms with Gasteiger partial charge in [-0.25, -0.2) is 9.07 Å². The van der Waals surface area contributed by atoms with E-state index in [0.717, 1.165) is 28.0 Å². The summed E-state index contributed by atoms with van der Waals surface area (Å²) < 4.78 is 14.9. The lowest BCUT2D eigenvalue weighted by Gasteiger charge is -2.14. The Balaban J connectivity index is 1.74. The molecule has 3 heterocycles. The van der Waals surface area contributed by atoms with Gasteiger partial charge in [-0.05, 0) is 43.7 Å². The first-order chi connectivity index (χ1) is 11.5. The number of nitrogens with two attached hydrogens (primary N) is 1. The number of carbonyl (C=O) groups excluding carboxylic acids is 1. The fourth-order valence-electron chi connectivity index (χ4n) is 3.04. The van der Waals surface area contributed by atoms with Gasteiger partial charge in [-0.3, -0.25) is 4.79 Å². The molecule has 0 aliphatic carbocycles. The quantitative estimate of drug-likeness (QED) is 0.777. The fraction of sp³-hybridized carbons (Fsp3) is 0.294. The van der Waals surface area contributed by atoms with Gasteiger partial charge in [0.2, 0.25) is 0 Å². The number of carbonyl (C=O) groups is 1. The second-order valence-corrected chi connectivity index (χ2v) is 7.13. The minimum atomic E-state index is -0.286. The van der Waals surface area contributed by atoms with Crippen molar-refractivity contribution < 1.29 is 9.18 Å². The van der Waals surface area contributed by atoms with E-state index >= 15 is 0 Å². The maximum absolute atomic E-state index is 13.1. The first-order valence-corrected chi connectivity index (χ1v) is 8.64. The summed E-state index contributed by atoms with van der Waals surface area (Å²) in [6.07, 6.45) is 0.846. The minimum Gasteiger partial charge on any atom is -0.336 e. The summed E-state index contributed by atoms with van der Waals surface area (Å²) in [4.78, 5) is 16.1. The molecule has 2 N–H and O–H groups in total. The molecule has 0 saturated carbocycles. The molecule has 1 saturated heterocycles. The highest BCUT2D eigenvalue weighted by atomic mass is 32.1. The van der Waals surface area contributed by atoms with Crippen LogP contribution in [0.15, 0.2) is 30.3 Å². The molecular formula is C17H17FN4OS. The van der Waals surface area contributed by atoms with Crippen molar-refractivity contribution in [2.75, 3.05) is 13.1 Å². The number of halogens is 1.